The summed E-state index contributed by atoms with van der Waals surface area (Å²) in [4.78, 5) is 10.9. The fourth-order valence-electron chi connectivity index (χ4n) is 9.93. The first-order valence-corrected chi connectivity index (χ1v) is 19.7. The van der Waals surface area contributed by atoms with Gasteiger partial charge in [-0.2, -0.15) is 0 Å². The highest BCUT2D eigenvalue weighted by Crippen LogP contribution is 2.59. The number of fused-ring (bicyclic) bond motifs is 12. The number of hydrogen-bond donors (Lipinski definition) is 0. The molecule has 3 nitrogen and oxygen atoms in total. The molecule has 0 radical (unpaired) electrons. The summed E-state index contributed by atoms with van der Waals surface area (Å²) in [5, 5.41) is 2.49. The standard InChI is InChI=1S/C54H35N3/c1-5-17-36(18-6-1)50-44-33-35-29-30-40-41-31-32-46-49(42-25-13-15-27-45(42)54(46,38-21-9-3-10-22-38)39-23-11-4-12-24-39)52(41)57(48(40)34-35)47-28-16-14-26-43(47)51(44)56-53(55-50)37-19-7-2-8-20-37/h1-32,34H,33H2. The SMILES string of the molecule is c1ccc(-c2nc(-c3ccccc3)c3c(n2)-c2ccccc2-n2c4cc(ccc4c4ccc5c(c42)-c2ccccc2C5(c2ccccc2)c2ccccc2)C3)cc1. The number of para-hydroxylation sites is 1. The summed E-state index contributed by atoms with van der Waals surface area (Å²) in [5.74, 6) is 0.724. The van der Waals surface area contributed by atoms with Gasteiger partial charge in [-0.1, -0.05) is 188 Å². The first-order valence-electron chi connectivity index (χ1n) is 19.7. The Morgan fingerprint density at radius 1 is 0.456 bits per heavy atom. The molecule has 1 aliphatic heterocycles. The van der Waals surface area contributed by atoms with Crippen molar-refractivity contribution in [3.8, 4) is 50.7 Å². The Morgan fingerprint density at radius 2 is 1.04 bits per heavy atom. The Balaban J connectivity index is 1.23. The molecule has 2 aromatic heterocycles. The zero-order chi connectivity index (χ0) is 37.5. The van der Waals surface area contributed by atoms with Crippen molar-refractivity contribution in [3.63, 3.8) is 0 Å². The molecule has 0 saturated heterocycles. The van der Waals surface area contributed by atoms with Gasteiger partial charge < -0.3 is 4.57 Å². The molecule has 2 aliphatic rings. The van der Waals surface area contributed by atoms with Crippen molar-refractivity contribution in [2.45, 2.75) is 11.8 Å². The first kappa shape index (κ1) is 31.9. The topological polar surface area (TPSA) is 30.7 Å². The Labute approximate surface area is 331 Å². The van der Waals surface area contributed by atoms with E-state index in [-0.39, 0.29) is 0 Å². The Kier molecular flexibility index (Phi) is 6.91. The zero-order valence-corrected chi connectivity index (χ0v) is 31.1. The minimum absolute atomic E-state index is 0.502. The molecular formula is C54H35N3. The predicted octanol–water partition coefficient (Wildman–Crippen LogP) is 12.8. The van der Waals surface area contributed by atoms with E-state index in [0.29, 0.717) is 6.42 Å². The van der Waals surface area contributed by atoms with E-state index in [2.05, 4.69) is 199 Å². The van der Waals surface area contributed by atoms with E-state index in [1.807, 2.05) is 6.07 Å². The molecule has 57 heavy (non-hydrogen) atoms. The molecule has 12 rings (SSSR count). The predicted molar refractivity (Wildman–Crippen MR) is 233 cm³/mol. The Hall–Kier alpha value is -7.36. The molecule has 2 bridgehead atoms. The van der Waals surface area contributed by atoms with E-state index in [0.717, 1.165) is 45.2 Å². The van der Waals surface area contributed by atoms with Crippen molar-refractivity contribution in [1.82, 2.24) is 14.5 Å². The molecule has 3 heterocycles. The lowest BCUT2D eigenvalue weighted by atomic mass is 9.67. The summed E-state index contributed by atoms with van der Waals surface area (Å²) >= 11 is 0. The van der Waals surface area contributed by atoms with Crippen molar-refractivity contribution >= 4 is 21.8 Å². The third-order valence-electron chi connectivity index (χ3n) is 12.3. The second-order valence-corrected chi connectivity index (χ2v) is 15.2. The van der Waals surface area contributed by atoms with Crippen LogP contribution in [0.5, 0.6) is 0 Å². The molecule has 0 spiro atoms. The van der Waals surface area contributed by atoms with E-state index >= 15 is 0 Å². The molecule has 0 N–H and O–H groups in total. The third kappa shape index (κ3) is 4.54. The van der Waals surface area contributed by atoms with Gasteiger partial charge in [0.15, 0.2) is 5.82 Å². The smallest absolute Gasteiger partial charge is 0.160 e. The van der Waals surface area contributed by atoms with Crippen molar-refractivity contribution in [1.29, 1.82) is 0 Å². The van der Waals surface area contributed by atoms with Gasteiger partial charge in [0.25, 0.3) is 0 Å². The normalized spacial score (nSPS) is 13.3. The molecule has 0 amide bonds. The molecule has 8 aromatic carbocycles. The van der Waals surface area contributed by atoms with Crippen LogP contribution in [0.25, 0.3) is 72.5 Å². The van der Waals surface area contributed by atoms with Crippen LogP contribution in [0.15, 0.2) is 200 Å². The number of benzene rings is 8. The Bertz CT molecular complexity index is 3140. The van der Waals surface area contributed by atoms with Gasteiger partial charge in [0, 0.05) is 45.0 Å². The van der Waals surface area contributed by atoms with Crippen LogP contribution in [-0.2, 0) is 11.8 Å². The van der Waals surface area contributed by atoms with E-state index in [1.54, 1.807) is 0 Å². The van der Waals surface area contributed by atoms with E-state index in [9.17, 15) is 0 Å². The van der Waals surface area contributed by atoms with Crippen LogP contribution < -0.4 is 0 Å². The summed E-state index contributed by atoms with van der Waals surface area (Å²) in [6.45, 7) is 0. The van der Waals surface area contributed by atoms with E-state index < -0.39 is 5.41 Å². The maximum atomic E-state index is 5.51. The molecule has 10 aromatic rings. The van der Waals surface area contributed by atoms with Crippen molar-refractivity contribution in [2.75, 3.05) is 0 Å². The van der Waals surface area contributed by atoms with Gasteiger partial charge in [0.05, 0.1) is 33.5 Å². The lowest BCUT2D eigenvalue weighted by Gasteiger charge is -2.33. The van der Waals surface area contributed by atoms with Crippen LogP contribution in [0, 0.1) is 0 Å². The average Bonchev–Trinajstić information content (AvgIpc) is 3.78. The summed E-state index contributed by atoms with van der Waals surface area (Å²) in [6.07, 6.45) is 0.701. The van der Waals surface area contributed by atoms with Gasteiger partial charge in [0.2, 0.25) is 0 Å². The maximum absolute atomic E-state index is 5.51. The lowest BCUT2D eigenvalue weighted by molar-refractivity contribution is 0.769. The highest BCUT2D eigenvalue weighted by atomic mass is 15.0. The van der Waals surface area contributed by atoms with Crippen LogP contribution in [0.3, 0.4) is 0 Å². The highest BCUT2D eigenvalue weighted by Gasteiger charge is 2.47. The minimum Gasteiger partial charge on any atom is -0.308 e. The van der Waals surface area contributed by atoms with Crippen LogP contribution in [0.1, 0.15) is 33.4 Å². The third-order valence-corrected chi connectivity index (χ3v) is 12.3. The fraction of sp³-hybridized carbons (Fsp3) is 0.0370. The van der Waals surface area contributed by atoms with Crippen LogP contribution in [-0.4, -0.2) is 14.5 Å². The van der Waals surface area contributed by atoms with Crippen LogP contribution in [0.4, 0.5) is 0 Å². The monoisotopic (exact) mass is 725 g/mol. The molecule has 266 valence electrons. The van der Waals surface area contributed by atoms with Gasteiger partial charge >= 0.3 is 0 Å². The Morgan fingerprint density at radius 3 is 1.75 bits per heavy atom. The molecule has 0 unspecified atom stereocenters. The van der Waals surface area contributed by atoms with Crippen molar-refractivity contribution < 1.29 is 0 Å². The lowest BCUT2D eigenvalue weighted by Crippen LogP contribution is -2.28. The van der Waals surface area contributed by atoms with Gasteiger partial charge in [-0.15, -0.1) is 0 Å². The van der Waals surface area contributed by atoms with E-state index in [4.69, 9.17) is 9.97 Å². The molecule has 0 fully saturated rings. The second-order valence-electron chi connectivity index (χ2n) is 15.2. The van der Waals surface area contributed by atoms with Gasteiger partial charge in [-0.25, -0.2) is 9.97 Å². The molecule has 0 saturated carbocycles. The van der Waals surface area contributed by atoms with E-state index in [1.165, 1.54) is 60.8 Å². The molecule has 3 heteroatoms. The summed E-state index contributed by atoms with van der Waals surface area (Å²) in [7, 11) is 0. The van der Waals surface area contributed by atoms with Crippen LogP contribution in [0.2, 0.25) is 0 Å². The number of nitrogens with zero attached hydrogens (tertiary/aromatic N) is 3. The first-order chi connectivity index (χ1) is 28.3. The van der Waals surface area contributed by atoms with Gasteiger partial charge in [-0.05, 0) is 45.5 Å². The summed E-state index contributed by atoms with van der Waals surface area (Å²) < 4.78 is 2.55. The van der Waals surface area contributed by atoms with Crippen molar-refractivity contribution in [2.24, 2.45) is 0 Å². The zero-order valence-electron chi connectivity index (χ0n) is 31.1. The summed E-state index contributed by atoms with van der Waals surface area (Å²) in [5.41, 5.74) is 18.2. The second kappa shape index (κ2) is 12.3. The largest absolute Gasteiger partial charge is 0.308 e. The van der Waals surface area contributed by atoms with Gasteiger partial charge in [0.1, 0.15) is 0 Å². The van der Waals surface area contributed by atoms with Crippen LogP contribution >= 0.6 is 0 Å². The quantitative estimate of drug-likeness (QED) is 0.181. The average molecular weight is 726 g/mol. The molecule has 0 atom stereocenters. The van der Waals surface area contributed by atoms with Crippen molar-refractivity contribution in [3.05, 3.63) is 234 Å². The number of aromatic nitrogens is 3. The minimum atomic E-state index is -0.502. The number of hydrogen-bond acceptors (Lipinski definition) is 2. The molecule has 1 aliphatic carbocycles. The fourth-order valence-corrected chi connectivity index (χ4v) is 9.93. The maximum Gasteiger partial charge on any atom is 0.160 e. The highest BCUT2D eigenvalue weighted by molar-refractivity contribution is 6.16. The summed E-state index contributed by atoms with van der Waals surface area (Å²) in [6, 6.07) is 72.9. The number of rotatable bonds is 4. The van der Waals surface area contributed by atoms with Gasteiger partial charge in [-0.3, -0.25) is 0 Å². The molecular weight excluding hydrogens is 691 g/mol.